The second-order valence-corrected chi connectivity index (χ2v) is 10.4. The molecule has 0 bridgehead atoms. The van der Waals surface area contributed by atoms with E-state index in [-0.39, 0.29) is 11.2 Å². The van der Waals surface area contributed by atoms with E-state index in [2.05, 4.69) is 62.5 Å². The summed E-state index contributed by atoms with van der Waals surface area (Å²) in [4.78, 5) is 13.4. The molecule has 3 aromatic heterocycles. The lowest BCUT2D eigenvalue weighted by Gasteiger charge is -2.40. The van der Waals surface area contributed by atoms with E-state index in [4.69, 9.17) is 4.74 Å². The van der Waals surface area contributed by atoms with Crippen molar-refractivity contribution in [2.24, 2.45) is 0 Å². The van der Waals surface area contributed by atoms with Gasteiger partial charge in [0.2, 0.25) is 0 Å². The van der Waals surface area contributed by atoms with Crippen molar-refractivity contribution in [3.63, 3.8) is 0 Å². The van der Waals surface area contributed by atoms with Gasteiger partial charge in [0.05, 0.1) is 16.9 Å². The fourth-order valence-corrected chi connectivity index (χ4v) is 6.18. The Labute approximate surface area is 231 Å². The lowest BCUT2D eigenvalue weighted by atomic mass is 9.64. The van der Waals surface area contributed by atoms with Crippen molar-refractivity contribution >= 4 is 16.7 Å². The highest BCUT2D eigenvalue weighted by Crippen LogP contribution is 2.49. The molecule has 0 amide bonds. The average molecular weight is 530 g/mol. The Kier molecular flexibility index (Phi) is 6.19. The molecule has 3 aromatic carbocycles. The van der Waals surface area contributed by atoms with E-state index in [0.29, 0.717) is 12.4 Å². The molecule has 40 heavy (non-hydrogen) atoms. The summed E-state index contributed by atoms with van der Waals surface area (Å²) in [5.74, 6) is 1.09. The van der Waals surface area contributed by atoms with Crippen LogP contribution >= 0.6 is 0 Å². The van der Waals surface area contributed by atoms with Gasteiger partial charge in [-0.2, -0.15) is 14.6 Å². The van der Waals surface area contributed by atoms with E-state index in [1.54, 1.807) is 18.6 Å². The minimum absolute atomic E-state index is 0.157. The molecule has 3 heterocycles. The zero-order chi connectivity index (χ0) is 26.9. The minimum atomic E-state index is -0.265. The molecule has 0 N–H and O–H groups in total. The molecule has 1 aliphatic rings. The van der Waals surface area contributed by atoms with Gasteiger partial charge in [0, 0.05) is 22.6 Å². The molecule has 7 rings (SSSR count). The standard InChI is InChI=1S/C33H28FN5O/c34-25-10-14-30-23(19-25)9-11-26(38-30)21-40-27-12-13-28(31-15-18-35-32-36-22-37-39(31)32)29(20-27)33(16-5-2-6-17-33)24-7-3-1-4-8-24/h1,3-4,7-15,18-20,22H,2,5-6,16-17,21H2. The molecule has 0 atom stereocenters. The predicted octanol–water partition coefficient (Wildman–Crippen LogP) is 7.31. The lowest BCUT2D eigenvalue weighted by molar-refractivity contribution is 0.298. The number of nitrogens with zero attached hydrogens (tertiary/aromatic N) is 5. The van der Waals surface area contributed by atoms with E-state index >= 15 is 0 Å². The monoisotopic (exact) mass is 529 g/mol. The van der Waals surface area contributed by atoms with Gasteiger partial charge < -0.3 is 4.74 Å². The largest absolute Gasteiger partial charge is 0.487 e. The van der Waals surface area contributed by atoms with Crippen molar-refractivity contribution in [2.45, 2.75) is 44.1 Å². The number of pyridine rings is 1. The van der Waals surface area contributed by atoms with Crippen LogP contribution in [-0.2, 0) is 12.0 Å². The summed E-state index contributed by atoms with van der Waals surface area (Å²) in [5, 5.41) is 5.26. The average Bonchev–Trinajstić information content (AvgIpc) is 3.50. The van der Waals surface area contributed by atoms with Crippen LogP contribution in [0.2, 0.25) is 0 Å². The Balaban J connectivity index is 1.33. The van der Waals surface area contributed by atoms with Crippen LogP contribution < -0.4 is 4.74 Å². The van der Waals surface area contributed by atoms with E-state index in [9.17, 15) is 4.39 Å². The van der Waals surface area contributed by atoms with Crippen LogP contribution in [0.15, 0.2) is 97.5 Å². The van der Waals surface area contributed by atoms with Gasteiger partial charge in [0.1, 0.15) is 24.5 Å². The first-order chi connectivity index (χ1) is 19.7. The quantitative estimate of drug-likeness (QED) is 0.226. The molecule has 0 aliphatic heterocycles. The molecular formula is C33H28FN5O. The number of hydrogen-bond donors (Lipinski definition) is 0. The first-order valence-corrected chi connectivity index (χ1v) is 13.7. The van der Waals surface area contributed by atoms with Gasteiger partial charge in [-0.1, -0.05) is 55.7 Å². The SMILES string of the molecule is Fc1ccc2nc(COc3ccc(-c4ccnc5ncnn45)c(C4(c5ccccc5)CCCCC4)c3)ccc2c1. The summed E-state index contributed by atoms with van der Waals surface area (Å²) in [6.07, 6.45) is 9.01. The Morgan fingerprint density at radius 1 is 0.850 bits per heavy atom. The molecule has 1 fully saturated rings. The first kappa shape index (κ1) is 24.4. The van der Waals surface area contributed by atoms with Crippen LogP contribution in [0.4, 0.5) is 4.39 Å². The smallest absolute Gasteiger partial charge is 0.252 e. The zero-order valence-corrected chi connectivity index (χ0v) is 22.0. The molecule has 0 spiro atoms. The van der Waals surface area contributed by atoms with Gasteiger partial charge in [-0.3, -0.25) is 0 Å². The van der Waals surface area contributed by atoms with Crippen molar-refractivity contribution in [3.05, 3.63) is 120 Å². The van der Waals surface area contributed by atoms with E-state index in [0.717, 1.165) is 59.3 Å². The highest BCUT2D eigenvalue weighted by atomic mass is 19.1. The molecule has 1 aliphatic carbocycles. The summed E-state index contributed by atoms with van der Waals surface area (Å²) < 4.78 is 21.8. The van der Waals surface area contributed by atoms with E-state index < -0.39 is 0 Å². The first-order valence-electron chi connectivity index (χ1n) is 13.7. The number of fused-ring (bicyclic) bond motifs is 2. The summed E-state index contributed by atoms with van der Waals surface area (Å²) in [6, 6.07) is 27.6. The van der Waals surface area contributed by atoms with Gasteiger partial charge in [-0.25, -0.2) is 14.4 Å². The Bertz CT molecular complexity index is 1810. The second-order valence-electron chi connectivity index (χ2n) is 10.4. The van der Waals surface area contributed by atoms with Crippen molar-refractivity contribution < 1.29 is 9.13 Å². The molecule has 198 valence electrons. The van der Waals surface area contributed by atoms with E-state index in [1.165, 1.54) is 29.7 Å². The maximum absolute atomic E-state index is 13.6. The maximum atomic E-state index is 13.6. The number of ether oxygens (including phenoxy) is 1. The number of aromatic nitrogens is 5. The zero-order valence-electron chi connectivity index (χ0n) is 22.0. The van der Waals surface area contributed by atoms with Crippen LogP contribution in [0.3, 0.4) is 0 Å². The molecular weight excluding hydrogens is 501 g/mol. The van der Waals surface area contributed by atoms with Crippen LogP contribution in [0, 0.1) is 5.82 Å². The van der Waals surface area contributed by atoms with Crippen LogP contribution in [0.5, 0.6) is 5.75 Å². The highest BCUT2D eigenvalue weighted by molar-refractivity contribution is 5.78. The van der Waals surface area contributed by atoms with Crippen molar-refractivity contribution in [3.8, 4) is 17.0 Å². The number of hydrogen-bond acceptors (Lipinski definition) is 5. The summed E-state index contributed by atoms with van der Waals surface area (Å²) >= 11 is 0. The van der Waals surface area contributed by atoms with Crippen molar-refractivity contribution in [1.29, 1.82) is 0 Å². The third kappa shape index (κ3) is 4.37. The van der Waals surface area contributed by atoms with Gasteiger partial charge >= 0.3 is 0 Å². The van der Waals surface area contributed by atoms with Crippen LogP contribution in [0.25, 0.3) is 27.9 Å². The van der Waals surface area contributed by atoms with Gasteiger partial charge in [-0.15, -0.1) is 0 Å². The summed E-state index contributed by atoms with van der Waals surface area (Å²) in [5.41, 5.74) is 5.98. The van der Waals surface area contributed by atoms with Gasteiger partial charge in [-0.05, 0) is 72.5 Å². The molecule has 7 heteroatoms. The third-order valence-electron chi connectivity index (χ3n) is 8.09. The second kappa shape index (κ2) is 10.2. The van der Waals surface area contributed by atoms with Crippen molar-refractivity contribution in [2.75, 3.05) is 0 Å². The fraction of sp³-hybridized carbons (Fsp3) is 0.212. The lowest BCUT2D eigenvalue weighted by Crippen LogP contribution is -2.31. The fourth-order valence-electron chi connectivity index (χ4n) is 6.18. The molecule has 0 saturated heterocycles. The van der Waals surface area contributed by atoms with Gasteiger partial charge in [0.25, 0.3) is 5.78 Å². The molecule has 0 radical (unpaired) electrons. The topological polar surface area (TPSA) is 65.2 Å². The van der Waals surface area contributed by atoms with Crippen molar-refractivity contribution in [1.82, 2.24) is 24.6 Å². The normalized spacial score (nSPS) is 14.9. The summed E-state index contributed by atoms with van der Waals surface area (Å²) in [7, 11) is 0. The Hall–Kier alpha value is -4.65. The van der Waals surface area contributed by atoms with Crippen LogP contribution in [-0.4, -0.2) is 24.6 Å². The van der Waals surface area contributed by atoms with E-state index in [1.807, 2.05) is 28.8 Å². The molecule has 6 aromatic rings. The molecule has 6 nitrogen and oxygen atoms in total. The minimum Gasteiger partial charge on any atom is -0.487 e. The number of halogens is 1. The number of rotatable bonds is 6. The molecule has 1 saturated carbocycles. The number of benzene rings is 3. The third-order valence-corrected chi connectivity index (χ3v) is 8.09. The highest BCUT2D eigenvalue weighted by Gasteiger charge is 2.38. The Morgan fingerprint density at radius 2 is 1.73 bits per heavy atom. The summed E-state index contributed by atoms with van der Waals surface area (Å²) in [6.45, 7) is 0.313. The van der Waals surface area contributed by atoms with Crippen LogP contribution in [0.1, 0.15) is 48.9 Å². The van der Waals surface area contributed by atoms with Gasteiger partial charge in [0.15, 0.2) is 0 Å². The maximum Gasteiger partial charge on any atom is 0.252 e. The Morgan fingerprint density at radius 3 is 2.60 bits per heavy atom. The predicted molar refractivity (Wildman–Crippen MR) is 153 cm³/mol. The molecule has 0 unspecified atom stereocenters.